The molecular formula is C17H21N3O2. The summed E-state index contributed by atoms with van der Waals surface area (Å²) in [5.74, 6) is 1.29. The standard InChI is InChI=1S/C17H21N3O2/c1-3-14-18-19-15(22-14)11-20-12-17(2,10-9-16(20)21)13-7-5-4-6-8-13/h4-8H,3,9-12H2,1-2H3/t17-/m1/s1. The number of carbonyl (C=O) groups excluding carboxylic acids is 1. The predicted molar refractivity (Wildman–Crippen MR) is 82.1 cm³/mol. The number of hydrogen-bond acceptors (Lipinski definition) is 4. The average Bonchev–Trinajstić information content (AvgIpc) is 3.00. The van der Waals surface area contributed by atoms with Crippen LogP contribution in [-0.4, -0.2) is 27.5 Å². The molecule has 1 aromatic heterocycles. The van der Waals surface area contributed by atoms with Gasteiger partial charge in [-0.1, -0.05) is 44.2 Å². The molecule has 1 saturated heterocycles. The number of likely N-dealkylation sites (tertiary alicyclic amines) is 1. The van der Waals surface area contributed by atoms with Crippen molar-refractivity contribution in [3.8, 4) is 0 Å². The van der Waals surface area contributed by atoms with Gasteiger partial charge in [0.15, 0.2) is 0 Å². The smallest absolute Gasteiger partial charge is 0.235 e. The molecule has 22 heavy (non-hydrogen) atoms. The first kappa shape index (κ1) is 14.8. The third-order valence-electron chi connectivity index (χ3n) is 4.39. The molecule has 1 atom stereocenters. The highest BCUT2D eigenvalue weighted by molar-refractivity contribution is 5.77. The Labute approximate surface area is 130 Å². The Bertz CT molecular complexity index is 653. The molecule has 1 fully saturated rings. The average molecular weight is 299 g/mol. The first-order valence-electron chi connectivity index (χ1n) is 7.75. The van der Waals surface area contributed by atoms with Crippen molar-refractivity contribution in [3.05, 3.63) is 47.7 Å². The number of aromatic nitrogens is 2. The monoisotopic (exact) mass is 299 g/mol. The van der Waals surface area contributed by atoms with Crippen LogP contribution in [0.25, 0.3) is 0 Å². The third-order valence-corrected chi connectivity index (χ3v) is 4.39. The molecule has 0 saturated carbocycles. The summed E-state index contributed by atoms with van der Waals surface area (Å²) in [5, 5.41) is 7.99. The van der Waals surface area contributed by atoms with Crippen LogP contribution in [0.2, 0.25) is 0 Å². The van der Waals surface area contributed by atoms with Crippen molar-refractivity contribution < 1.29 is 9.21 Å². The van der Waals surface area contributed by atoms with Crippen LogP contribution >= 0.6 is 0 Å². The molecule has 2 aromatic rings. The van der Waals surface area contributed by atoms with Crippen LogP contribution in [0.5, 0.6) is 0 Å². The van der Waals surface area contributed by atoms with E-state index in [2.05, 4.69) is 29.3 Å². The number of nitrogens with zero attached hydrogens (tertiary/aromatic N) is 3. The second-order valence-corrected chi connectivity index (χ2v) is 6.12. The van der Waals surface area contributed by atoms with Crippen LogP contribution in [0.3, 0.4) is 0 Å². The summed E-state index contributed by atoms with van der Waals surface area (Å²) >= 11 is 0. The fourth-order valence-electron chi connectivity index (χ4n) is 3.01. The lowest BCUT2D eigenvalue weighted by Gasteiger charge is -2.40. The van der Waals surface area contributed by atoms with Gasteiger partial charge in [0, 0.05) is 24.8 Å². The Balaban J connectivity index is 1.77. The van der Waals surface area contributed by atoms with Gasteiger partial charge in [0.05, 0.1) is 6.54 Å². The molecule has 1 amide bonds. The zero-order chi connectivity index (χ0) is 15.6. The zero-order valence-corrected chi connectivity index (χ0v) is 13.1. The maximum absolute atomic E-state index is 12.2. The highest BCUT2D eigenvalue weighted by atomic mass is 16.4. The highest BCUT2D eigenvalue weighted by Gasteiger charge is 2.36. The van der Waals surface area contributed by atoms with Gasteiger partial charge in [-0.2, -0.15) is 0 Å². The van der Waals surface area contributed by atoms with E-state index in [9.17, 15) is 4.79 Å². The predicted octanol–water partition coefficient (Wildman–Crippen LogP) is 2.71. The maximum Gasteiger partial charge on any atom is 0.235 e. The van der Waals surface area contributed by atoms with Gasteiger partial charge >= 0.3 is 0 Å². The van der Waals surface area contributed by atoms with Gasteiger partial charge in [0.2, 0.25) is 17.7 Å². The minimum absolute atomic E-state index is 0.0250. The molecule has 0 unspecified atom stereocenters. The molecule has 0 radical (unpaired) electrons. The molecule has 5 heteroatoms. The second kappa shape index (κ2) is 5.91. The second-order valence-electron chi connectivity index (χ2n) is 6.12. The van der Waals surface area contributed by atoms with Gasteiger partial charge in [-0.3, -0.25) is 4.79 Å². The van der Waals surface area contributed by atoms with E-state index in [1.165, 1.54) is 5.56 Å². The molecule has 0 spiro atoms. The minimum atomic E-state index is -0.0250. The molecule has 0 bridgehead atoms. The number of piperidine rings is 1. The molecule has 1 aromatic carbocycles. The normalized spacial score (nSPS) is 22.1. The van der Waals surface area contributed by atoms with Gasteiger partial charge in [0.1, 0.15) is 0 Å². The number of rotatable bonds is 4. The maximum atomic E-state index is 12.2. The van der Waals surface area contributed by atoms with E-state index in [1.54, 1.807) is 0 Å². The number of hydrogen-bond donors (Lipinski definition) is 0. The van der Waals surface area contributed by atoms with Crippen molar-refractivity contribution in [2.24, 2.45) is 0 Å². The van der Waals surface area contributed by atoms with E-state index in [0.717, 1.165) is 6.42 Å². The molecule has 116 valence electrons. The zero-order valence-electron chi connectivity index (χ0n) is 13.1. The first-order chi connectivity index (χ1) is 10.6. The van der Waals surface area contributed by atoms with E-state index >= 15 is 0 Å². The first-order valence-corrected chi connectivity index (χ1v) is 7.75. The molecular weight excluding hydrogens is 278 g/mol. The van der Waals surface area contributed by atoms with Crippen LogP contribution in [0.4, 0.5) is 0 Å². The summed E-state index contributed by atoms with van der Waals surface area (Å²) in [7, 11) is 0. The van der Waals surface area contributed by atoms with Crippen LogP contribution in [-0.2, 0) is 23.2 Å². The molecule has 1 aliphatic rings. The van der Waals surface area contributed by atoms with Gasteiger partial charge in [0.25, 0.3) is 0 Å². The summed E-state index contributed by atoms with van der Waals surface area (Å²) in [5.41, 5.74) is 1.25. The van der Waals surface area contributed by atoms with E-state index in [1.807, 2.05) is 30.0 Å². The number of carbonyl (C=O) groups is 1. The summed E-state index contributed by atoms with van der Waals surface area (Å²) in [6.07, 6.45) is 2.14. The minimum Gasteiger partial charge on any atom is -0.423 e. The topological polar surface area (TPSA) is 59.2 Å². The summed E-state index contributed by atoms with van der Waals surface area (Å²) in [6.45, 7) is 5.26. The fraction of sp³-hybridized carbons (Fsp3) is 0.471. The van der Waals surface area contributed by atoms with Gasteiger partial charge in [-0.25, -0.2) is 0 Å². The van der Waals surface area contributed by atoms with Crippen LogP contribution in [0.1, 0.15) is 44.0 Å². The van der Waals surface area contributed by atoms with Gasteiger partial charge < -0.3 is 9.32 Å². The lowest BCUT2D eigenvalue weighted by atomic mass is 9.76. The van der Waals surface area contributed by atoms with E-state index < -0.39 is 0 Å². The highest BCUT2D eigenvalue weighted by Crippen LogP contribution is 2.34. The SMILES string of the molecule is CCc1nnc(CN2C[C@](C)(c3ccccc3)CCC2=O)o1. The van der Waals surface area contributed by atoms with Crippen LogP contribution < -0.4 is 0 Å². The third kappa shape index (κ3) is 2.89. The molecule has 5 nitrogen and oxygen atoms in total. The number of benzene rings is 1. The van der Waals surface area contributed by atoms with Crippen molar-refractivity contribution in [1.29, 1.82) is 0 Å². The Hall–Kier alpha value is -2.17. The Kier molecular flexibility index (Phi) is 3.96. The van der Waals surface area contributed by atoms with Gasteiger partial charge in [-0.05, 0) is 12.0 Å². The summed E-state index contributed by atoms with van der Waals surface area (Å²) < 4.78 is 5.54. The van der Waals surface area contributed by atoms with E-state index in [-0.39, 0.29) is 11.3 Å². The number of aryl methyl sites for hydroxylation is 1. The van der Waals surface area contributed by atoms with E-state index in [0.29, 0.717) is 37.7 Å². The molecule has 1 aliphatic heterocycles. The van der Waals surface area contributed by atoms with Crippen molar-refractivity contribution in [3.63, 3.8) is 0 Å². The van der Waals surface area contributed by atoms with Crippen LogP contribution in [0.15, 0.2) is 34.7 Å². The molecule has 2 heterocycles. The molecule has 0 N–H and O–H groups in total. The quantitative estimate of drug-likeness (QED) is 0.871. The fourth-order valence-corrected chi connectivity index (χ4v) is 3.01. The van der Waals surface area contributed by atoms with Crippen molar-refractivity contribution in [1.82, 2.24) is 15.1 Å². The number of amides is 1. The van der Waals surface area contributed by atoms with Gasteiger partial charge in [-0.15, -0.1) is 10.2 Å². The molecule has 3 rings (SSSR count). The molecule has 0 aliphatic carbocycles. The Morgan fingerprint density at radius 2 is 1.95 bits per heavy atom. The summed E-state index contributed by atoms with van der Waals surface area (Å²) in [4.78, 5) is 14.1. The van der Waals surface area contributed by atoms with Crippen molar-refractivity contribution in [2.45, 2.75) is 45.1 Å². The van der Waals surface area contributed by atoms with Crippen molar-refractivity contribution in [2.75, 3.05) is 6.54 Å². The van der Waals surface area contributed by atoms with Crippen molar-refractivity contribution >= 4 is 5.91 Å². The lowest BCUT2D eigenvalue weighted by molar-refractivity contribution is -0.136. The lowest BCUT2D eigenvalue weighted by Crippen LogP contribution is -2.47. The Morgan fingerprint density at radius 3 is 2.64 bits per heavy atom. The summed E-state index contributed by atoms with van der Waals surface area (Å²) in [6, 6.07) is 10.4. The Morgan fingerprint density at radius 1 is 1.23 bits per heavy atom. The van der Waals surface area contributed by atoms with Crippen LogP contribution in [0, 0.1) is 0 Å². The largest absolute Gasteiger partial charge is 0.423 e. The van der Waals surface area contributed by atoms with E-state index in [4.69, 9.17) is 4.42 Å².